The van der Waals surface area contributed by atoms with E-state index in [1.807, 2.05) is 0 Å². The summed E-state index contributed by atoms with van der Waals surface area (Å²) in [5, 5.41) is 2.57. The van der Waals surface area contributed by atoms with Gasteiger partial charge in [-0.05, 0) is 18.2 Å². The second-order valence-corrected chi connectivity index (χ2v) is 3.62. The Balaban J connectivity index is 2.60. The smallest absolute Gasteiger partial charge is 0.307 e. The molecule has 17 heavy (non-hydrogen) atoms. The number of urea groups is 1. The van der Waals surface area contributed by atoms with Crippen LogP contribution in [0.5, 0.6) is 0 Å². The zero-order valence-corrected chi connectivity index (χ0v) is 9.22. The van der Waals surface area contributed by atoms with Gasteiger partial charge in [0.15, 0.2) is 0 Å². The Morgan fingerprint density at radius 1 is 1.47 bits per heavy atom. The number of hydrogen-bond acceptors (Lipinski definition) is 2. The lowest BCUT2D eigenvalue weighted by Gasteiger charge is -2.18. The topological polar surface area (TPSA) is 58.4 Å². The van der Waals surface area contributed by atoms with Crippen LogP contribution in [0.3, 0.4) is 0 Å². The first-order valence-corrected chi connectivity index (χ1v) is 4.81. The summed E-state index contributed by atoms with van der Waals surface area (Å²) in [6.45, 7) is -1.53. The first-order chi connectivity index (χ1) is 7.78. The van der Waals surface area contributed by atoms with Crippen molar-refractivity contribution in [1.29, 1.82) is 0 Å². The number of nitrogens with one attached hydrogen (secondary N) is 1. The van der Waals surface area contributed by atoms with Gasteiger partial charge < -0.3 is 5.32 Å². The van der Waals surface area contributed by atoms with E-state index in [1.54, 1.807) is 12.1 Å². The van der Waals surface area contributed by atoms with Gasteiger partial charge >= 0.3 is 12.2 Å². The van der Waals surface area contributed by atoms with Gasteiger partial charge in [0.1, 0.15) is 6.54 Å². The highest BCUT2D eigenvalue weighted by molar-refractivity contribution is 6.30. The van der Waals surface area contributed by atoms with Crippen molar-refractivity contribution < 1.29 is 18.0 Å². The number of rotatable bonds is 2. The number of anilines is 1. The molecule has 0 fully saturated rings. The molecule has 0 aromatic heterocycles. The predicted molar refractivity (Wildman–Crippen MR) is 57.4 cm³/mol. The van der Waals surface area contributed by atoms with Crippen LogP contribution in [0.1, 0.15) is 0 Å². The second kappa shape index (κ2) is 5.24. The quantitative estimate of drug-likeness (QED) is 0.492. The maximum atomic E-state index is 11.9. The summed E-state index contributed by atoms with van der Waals surface area (Å²) in [6.07, 6.45) is -4.54. The van der Waals surface area contributed by atoms with Gasteiger partial charge in [-0.25, -0.2) is 10.6 Å². The van der Waals surface area contributed by atoms with E-state index in [2.05, 4.69) is 5.32 Å². The molecule has 1 aromatic carbocycles. The molecule has 0 heterocycles. The molecule has 1 aromatic rings. The molecule has 2 amide bonds. The lowest BCUT2D eigenvalue weighted by molar-refractivity contribution is -0.139. The zero-order valence-electron chi connectivity index (χ0n) is 8.46. The number of carbonyl (C=O) groups is 1. The average molecular weight is 268 g/mol. The fourth-order valence-corrected chi connectivity index (χ4v) is 1.22. The molecule has 0 bridgehead atoms. The number of hydrazine groups is 1. The van der Waals surface area contributed by atoms with Crippen LogP contribution in [-0.2, 0) is 0 Å². The van der Waals surface area contributed by atoms with Crippen molar-refractivity contribution in [3.05, 3.63) is 29.3 Å². The maximum absolute atomic E-state index is 11.9. The van der Waals surface area contributed by atoms with Crippen molar-refractivity contribution in [3.8, 4) is 0 Å². The number of alkyl halides is 3. The summed E-state index contributed by atoms with van der Waals surface area (Å²) in [5.41, 5.74) is 0.264. The third-order valence-electron chi connectivity index (χ3n) is 1.69. The SMILES string of the molecule is NN(CC(F)(F)F)C(=O)Nc1cccc(Cl)c1. The Hall–Kier alpha value is -1.47. The van der Waals surface area contributed by atoms with E-state index in [4.69, 9.17) is 17.4 Å². The number of halogens is 4. The van der Waals surface area contributed by atoms with Gasteiger partial charge in [0.05, 0.1) is 0 Å². The Kier molecular flexibility index (Phi) is 4.19. The van der Waals surface area contributed by atoms with Crippen LogP contribution >= 0.6 is 11.6 Å². The zero-order chi connectivity index (χ0) is 13.1. The molecule has 0 saturated heterocycles. The van der Waals surface area contributed by atoms with Gasteiger partial charge in [-0.1, -0.05) is 17.7 Å². The lowest BCUT2D eigenvalue weighted by Crippen LogP contribution is -2.46. The largest absolute Gasteiger partial charge is 0.407 e. The summed E-state index contributed by atoms with van der Waals surface area (Å²) in [7, 11) is 0. The number of amides is 2. The predicted octanol–water partition coefficient (Wildman–Crippen LogP) is 2.61. The van der Waals surface area contributed by atoms with Crippen molar-refractivity contribution in [1.82, 2.24) is 5.01 Å². The molecule has 94 valence electrons. The van der Waals surface area contributed by atoms with Gasteiger partial charge in [-0.3, -0.25) is 5.01 Å². The first kappa shape index (κ1) is 13.6. The number of hydrogen-bond donors (Lipinski definition) is 2. The molecule has 4 nitrogen and oxygen atoms in total. The Morgan fingerprint density at radius 2 is 2.12 bits per heavy atom. The monoisotopic (exact) mass is 267 g/mol. The van der Waals surface area contributed by atoms with Crippen LogP contribution in [0, 0.1) is 0 Å². The average Bonchev–Trinajstić information content (AvgIpc) is 2.14. The fraction of sp³-hybridized carbons (Fsp3) is 0.222. The maximum Gasteiger partial charge on any atom is 0.407 e. The lowest BCUT2D eigenvalue weighted by atomic mass is 10.3. The first-order valence-electron chi connectivity index (χ1n) is 4.43. The van der Waals surface area contributed by atoms with Gasteiger partial charge in [0.25, 0.3) is 0 Å². The van der Waals surface area contributed by atoms with Crippen molar-refractivity contribution in [3.63, 3.8) is 0 Å². The molecule has 0 saturated carbocycles. The fourth-order valence-electron chi connectivity index (χ4n) is 1.03. The summed E-state index contributed by atoms with van der Waals surface area (Å²) < 4.78 is 35.8. The van der Waals surface area contributed by atoms with Crippen molar-refractivity contribution in [2.75, 3.05) is 11.9 Å². The van der Waals surface area contributed by atoms with Crippen molar-refractivity contribution in [2.45, 2.75) is 6.18 Å². The van der Waals surface area contributed by atoms with Crippen molar-refractivity contribution >= 4 is 23.3 Å². The van der Waals surface area contributed by atoms with Gasteiger partial charge in [-0.2, -0.15) is 13.2 Å². The van der Waals surface area contributed by atoms with E-state index in [-0.39, 0.29) is 10.7 Å². The molecule has 1 rings (SSSR count). The van der Waals surface area contributed by atoms with Gasteiger partial charge in [0, 0.05) is 10.7 Å². The molecule has 0 radical (unpaired) electrons. The molecule has 0 aliphatic rings. The van der Waals surface area contributed by atoms with E-state index in [9.17, 15) is 18.0 Å². The minimum absolute atomic E-state index is 0.0426. The highest BCUT2D eigenvalue weighted by Crippen LogP contribution is 2.17. The van der Waals surface area contributed by atoms with Gasteiger partial charge in [-0.15, -0.1) is 0 Å². The molecule has 0 aliphatic heterocycles. The van der Waals surface area contributed by atoms with Gasteiger partial charge in [0.2, 0.25) is 0 Å². The minimum atomic E-state index is -4.54. The normalized spacial score (nSPS) is 11.1. The van der Waals surface area contributed by atoms with Crippen LogP contribution in [0.15, 0.2) is 24.3 Å². The van der Waals surface area contributed by atoms with E-state index in [1.165, 1.54) is 12.1 Å². The molecule has 8 heteroatoms. The third-order valence-corrected chi connectivity index (χ3v) is 1.92. The Bertz CT molecular complexity index is 411. The highest BCUT2D eigenvalue weighted by atomic mass is 35.5. The van der Waals surface area contributed by atoms with Crippen LogP contribution in [-0.4, -0.2) is 23.8 Å². The minimum Gasteiger partial charge on any atom is -0.307 e. The number of carbonyl (C=O) groups excluding carboxylic acids is 1. The third kappa shape index (κ3) is 4.92. The molecule has 0 spiro atoms. The van der Waals surface area contributed by atoms with E-state index >= 15 is 0 Å². The van der Waals surface area contributed by atoms with Crippen molar-refractivity contribution in [2.24, 2.45) is 5.84 Å². The summed E-state index contributed by atoms with van der Waals surface area (Å²) in [4.78, 5) is 11.2. The molecular formula is C9H9ClF3N3O. The van der Waals surface area contributed by atoms with Crippen LogP contribution < -0.4 is 11.2 Å². The summed E-state index contributed by atoms with van der Waals surface area (Å²) in [5.74, 6) is 4.96. The van der Waals surface area contributed by atoms with Crippen LogP contribution in [0.25, 0.3) is 0 Å². The molecule has 0 unspecified atom stereocenters. The standard InChI is InChI=1S/C9H9ClF3N3O/c10-6-2-1-3-7(4-6)15-8(17)16(14)5-9(11,12)13/h1-4H,5,14H2,(H,15,17). The summed E-state index contributed by atoms with van der Waals surface area (Å²) in [6, 6.07) is 4.91. The molecule has 0 atom stereocenters. The molecular weight excluding hydrogens is 259 g/mol. The van der Waals surface area contributed by atoms with Crippen LogP contribution in [0.2, 0.25) is 5.02 Å². The van der Waals surface area contributed by atoms with E-state index in [0.29, 0.717) is 5.02 Å². The van der Waals surface area contributed by atoms with Crippen LogP contribution in [0.4, 0.5) is 23.7 Å². The Morgan fingerprint density at radius 3 is 2.65 bits per heavy atom. The van der Waals surface area contributed by atoms with E-state index < -0.39 is 18.8 Å². The highest BCUT2D eigenvalue weighted by Gasteiger charge is 2.31. The number of nitrogens with two attached hydrogens (primary N) is 1. The Labute approximate surface area is 100 Å². The molecule has 3 N–H and O–H groups in total. The number of benzene rings is 1. The number of nitrogens with zero attached hydrogens (tertiary/aromatic N) is 1. The van der Waals surface area contributed by atoms with E-state index in [0.717, 1.165) is 0 Å². The summed E-state index contributed by atoms with van der Waals surface area (Å²) >= 11 is 5.64. The molecule has 0 aliphatic carbocycles. The second-order valence-electron chi connectivity index (χ2n) is 3.18.